The number of hydrogen-bond donors (Lipinski definition) is 5. The first-order valence-electron chi connectivity index (χ1n) is 40.8. The zero-order valence-corrected chi connectivity index (χ0v) is 75.4. The summed E-state index contributed by atoms with van der Waals surface area (Å²) >= 11 is 28.0. The third kappa shape index (κ3) is 25.9. The number of ether oxygens (including phenoxy) is 5. The molecule has 12 rings (SSSR count). The van der Waals surface area contributed by atoms with Crippen LogP contribution in [0.5, 0.6) is 23.0 Å². The van der Waals surface area contributed by atoms with Crippen LogP contribution in [0, 0.1) is 0 Å². The van der Waals surface area contributed by atoms with Crippen LogP contribution < -0.4 is 45.5 Å². The second-order valence-electron chi connectivity index (χ2n) is 30.1. The van der Waals surface area contributed by atoms with E-state index in [-0.39, 0.29) is 159 Å². The van der Waals surface area contributed by atoms with E-state index >= 15 is 9.59 Å². The maximum absolute atomic E-state index is 15.6. The summed E-state index contributed by atoms with van der Waals surface area (Å²) < 4.78 is 33.2. The van der Waals surface area contributed by atoms with Crippen molar-refractivity contribution < 1.29 is 66.8 Å². The average Bonchev–Trinajstić information content (AvgIpc) is 1.26. The number of para-hydroxylation sites is 4. The predicted octanol–water partition coefficient (Wildman–Crippen LogP) is 13.6. The first-order valence-corrected chi connectivity index (χ1v) is 46.3. The average molecular weight is 1830 g/mol. The van der Waals surface area contributed by atoms with Gasteiger partial charge in [-0.25, -0.2) is 4.79 Å². The van der Waals surface area contributed by atoms with Gasteiger partial charge in [0.05, 0.1) is 44.5 Å². The van der Waals surface area contributed by atoms with Gasteiger partial charge in [-0.15, -0.1) is 0 Å². The largest absolute Gasteiger partial charge is 0.487 e. The van der Waals surface area contributed by atoms with Crippen molar-refractivity contribution in [1.29, 1.82) is 0 Å². The Morgan fingerprint density at radius 2 is 0.645 bits per heavy atom. The number of rotatable bonds is 40. The fourth-order valence-electron chi connectivity index (χ4n) is 14.0. The molecule has 4 heterocycles. The summed E-state index contributed by atoms with van der Waals surface area (Å²) in [6.45, 7) is 8.12. The van der Waals surface area contributed by atoms with Crippen LogP contribution in [0.25, 0.3) is 0 Å². The number of thioether (sulfide) groups is 4. The van der Waals surface area contributed by atoms with Gasteiger partial charge in [-0.3, -0.25) is 67.8 Å². The highest BCUT2D eigenvalue weighted by atomic mass is 32.2. The fourth-order valence-corrected chi connectivity index (χ4v) is 18.8. The third-order valence-electron chi connectivity index (χ3n) is 20.2. The summed E-state index contributed by atoms with van der Waals surface area (Å²) in [6, 6.07) is 56.1. The number of unbranched alkanes of at least 4 members (excludes halogenated alkanes) is 1. The van der Waals surface area contributed by atoms with Crippen LogP contribution in [0.3, 0.4) is 0 Å². The van der Waals surface area contributed by atoms with Crippen molar-refractivity contribution in [1.82, 2.24) is 56.0 Å². The summed E-state index contributed by atoms with van der Waals surface area (Å²) in [4.78, 5) is 142. The number of hydrogen-bond acceptors (Lipinski definition) is 24. The molecule has 0 spiro atoms. The van der Waals surface area contributed by atoms with Crippen LogP contribution >= 0.6 is 95.9 Å². The molecule has 0 radical (unpaired) electrons. The van der Waals surface area contributed by atoms with Crippen molar-refractivity contribution in [2.75, 3.05) is 115 Å². The molecule has 8 aromatic rings. The summed E-state index contributed by atoms with van der Waals surface area (Å²) in [7, 11) is 0. The Balaban J connectivity index is 0.881. The Kier molecular flexibility index (Phi) is 34.5. The minimum atomic E-state index is -0.757. The zero-order valence-electron chi connectivity index (χ0n) is 68.9. The van der Waals surface area contributed by atoms with Crippen LogP contribution in [0.2, 0.25) is 0 Å². The molecule has 1 atom stereocenters. The molecule has 9 amide bonds. The first-order chi connectivity index (χ1) is 60.0. The Hall–Kier alpha value is -10.3. The van der Waals surface area contributed by atoms with Crippen LogP contribution in [0.1, 0.15) is 145 Å². The van der Waals surface area contributed by atoms with Gasteiger partial charge in [0.15, 0.2) is 0 Å². The molecule has 4 fully saturated rings. The van der Waals surface area contributed by atoms with Gasteiger partial charge in [-0.2, -0.15) is 0 Å². The molecule has 25 nitrogen and oxygen atoms in total. The molecule has 124 heavy (non-hydrogen) atoms. The monoisotopic (exact) mass is 1820 g/mol. The van der Waals surface area contributed by atoms with Crippen molar-refractivity contribution in [2.24, 2.45) is 0 Å². The number of carbonyl (C=O) groups excluding carboxylic acids is 9. The van der Waals surface area contributed by atoms with Crippen molar-refractivity contribution in [3.8, 4) is 23.0 Å². The van der Waals surface area contributed by atoms with Crippen molar-refractivity contribution in [2.45, 2.75) is 78.1 Å². The molecule has 8 aromatic carbocycles. The van der Waals surface area contributed by atoms with Gasteiger partial charge in [-0.05, 0) is 111 Å². The summed E-state index contributed by atoms with van der Waals surface area (Å²) in [5, 5.41) is 15.5. The molecule has 648 valence electrons. The number of carbonyl (C=O) groups is 9. The highest BCUT2D eigenvalue weighted by molar-refractivity contribution is 8.24. The van der Waals surface area contributed by atoms with Gasteiger partial charge in [0, 0.05) is 121 Å². The van der Waals surface area contributed by atoms with E-state index in [1.807, 2.05) is 126 Å². The number of nitrogens with one attached hydrogen (secondary N) is 5. The third-order valence-corrected chi connectivity index (χ3v) is 25.9. The molecule has 1 unspecified atom stereocenters. The van der Waals surface area contributed by atoms with E-state index in [9.17, 15) is 33.6 Å². The molecule has 0 saturated carbocycles. The quantitative estimate of drug-likeness (QED) is 0.0176. The van der Waals surface area contributed by atoms with Crippen LogP contribution in [-0.4, -0.2) is 226 Å². The lowest BCUT2D eigenvalue weighted by molar-refractivity contribution is 0.0525. The van der Waals surface area contributed by atoms with E-state index in [4.69, 9.17) is 72.6 Å². The number of amides is 9. The van der Waals surface area contributed by atoms with Crippen molar-refractivity contribution in [3.05, 3.63) is 261 Å². The highest BCUT2D eigenvalue weighted by Crippen LogP contribution is 2.36. The number of nitrogens with zero attached hydrogens (tertiary/aromatic N) is 6. The van der Waals surface area contributed by atoms with Crippen LogP contribution in [0.4, 0.5) is 4.79 Å². The minimum absolute atomic E-state index is 0.00721. The smallest absolute Gasteiger partial charge is 0.407 e. The second-order valence-corrected chi connectivity index (χ2v) is 37.0. The summed E-state index contributed by atoms with van der Waals surface area (Å²) in [6.07, 6.45) is 0.646. The zero-order chi connectivity index (χ0) is 87.5. The fraction of sp³-hybridized carbons (Fsp3) is 0.330. The van der Waals surface area contributed by atoms with E-state index < -0.39 is 65.0 Å². The molecular weight excluding hydrogens is 1730 g/mol. The van der Waals surface area contributed by atoms with Gasteiger partial charge in [0.25, 0.3) is 47.3 Å². The van der Waals surface area contributed by atoms with Gasteiger partial charge in [-0.1, -0.05) is 242 Å². The van der Waals surface area contributed by atoms with E-state index in [2.05, 4.69) is 31.5 Å². The standard InChI is InChI=1S/C91H97N11O14S8/c1-91(2,3)116-86(111)95-39-17-16-30-65(96-81(106)69-34-21-38-73(85(110)102-51-55-124-90(102)120)77(69)115-60-64-28-14-7-15-29-64)56-98(45-42-94-80(105)68-33-20-37-72(84(109)101-50-54-123-89(101)119)76(68)114-59-63-26-12-6-13-27-63)47-46-97(43-40-92-78(103)66-31-18-35-70(82(107)99-48-52-121-87(99)117)74(66)112-57-61-22-8-4-9-23-61)44-41-93-79(104)67-32-19-36-71(83(108)100-49-53-122-88(100)118)75(67)113-58-62-24-10-5-11-25-62/h4-15,18-29,31-38,65H,16-17,30,39-60H2,1-3H3,(H,92,103)(H,93,104)(H,94,105)(H,95,111)(H,96,106). The lowest BCUT2D eigenvalue weighted by atomic mass is 10.0. The molecule has 4 aliphatic heterocycles. The molecular formula is C91H97N11O14S8. The number of benzene rings is 8. The first kappa shape index (κ1) is 92.8. The van der Waals surface area contributed by atoms with Gasteiger partial charge >= 0.3 is 6.09 Å². The lowest BCUT2D eigenvalue weighted by Crippen LogP contribution is -2.49. The lowest BCUT2D eigenvalue weighted by Gasteiger charge is -2.31. The van der Waals surface area contributed by atoms with Crippen molar-refractivity contribution in [3.63, 3.8) is 0 Å². The SMILES string of the molecule is CC(C)(C)OC(=O)NCCCCC(CN(CCNC(=O)c1cccc(C(=O)N2CCSC2=S)c1OCc1ccccc1)CCN(CCNC(=O)c1cccc(C(=O)N2CCSC2=S)c1OCc1ccccc1)CCNC(=O)c1cccc(C(=O)N2CCSC2=S)c1OCc1ccccc1)NC(=O)c1cccc(C(=O)N2CCSC2=S)c1OCc1ccccc1. The van der Waals surface area contributed by atoms with E-state index in [1.165, 1.54) is 66.6 Å². The van der Waals surface area contributed by atoms with Crippen LogP contribution in [0.15, 0.2) is 194 Å². The molecule has 0 aromatic heterocycles. The molecule has 5 N–H and O–H groups in total. The summed E-state index contributed by atoms with van der Waals surface area (Å²) in [5.74, 6) is -1.19. The molecule has 33 heteroatoms. The molecule has 0 aliphatic carbocycles. The Bertz CT molecular complexity index is 5050. The normalized spacial score (nSPS) is 14.2. The maximum Gasteiger partial charge on any atom is 0.407 e. The Morgan fingerprint density at radius 3 is 0.944 bits per heavy atom. The number of thiocarbonyl (C=S) groups is 4. The van der Waals surface area contributed by atoms with Crippen LogP contribution in [-0.2, 0) is 31.2 Å². The Morgan fingerprint density at radius 1 is 0.355 bits per heavy atom. The molecule has 0 bridgehead atoms. The molecule has 4 saturated heterocycles. The van der Waals surface area contributed by atoms with E-state index in [0.717, 1.165) is 22.3 Å². The Labute approximate surface area is 760 Å². The van der Waals surface area contributed by atoms with Crippen molar-refractivity contribution >= 4 is 167 Å². The van der Waals surface area contributed by atoms with E-state index in [1.54, 1.807) is 93.6 Å². The van der Waals surface area contributed by atoms with Gasteiger partial charge < -0.3 is 50.3 Å². The predicted molar refractivity (Wildman–Crippen MR) is 502 cm³/mol. The maximum atomic E-state index is 15.6. The highest BCUT2D eigenvalue weighted by Gasteiger charge is 2.36. The molecule has 4 aliphatic rings. The van der Waals surface area contributed by atoms with Gasteiger partial charge in [0.1, 0.15) is 72.3 Å². The summed E-state index contributed by atoms with van der Waals surface area (Å²) in [5.41, 5.74) is 3.37. The number of alkyl carbamates (subject to hydrolysis) is 1. The van der Waals surface area contributed by atoms with E-state index in [0.29, 0.717) is 85.7 Å². The minimum Gasteiger partial charge on any atom is -0.487 e. The second kappa shape index (κ2) is 46.1. The topological polar surface area (TPSA) is 279 Å². The van der Waals surface area contributed by atoms with Gasteiger partial charge in [0.2, 0.25) is 0 Å².